The molecule has 6 nitrogen and oxygen atoms in total. The van der Waals surface area contributed by atoms with Gasteiger partial charge >= 0.3 is 0 Å². The molecule has 2 amide bonds. The smallest absolute Gasteiger partial charge is 0.237 e. The molecule has 0 aromatic heterocycles. The van der Waals surface area contributed by atoms with E-state index in [0.717, 1.165) is 11.3 Å². The summed E-state index contributed by atoms with van der Waals surface area (Å²) in [5.74, 6) is 0.639. The number of nitrogens with one attached hydrogen (secondary N) is 2. The Balaban J connectivity index is 2.11. The van der Waals surface area contributed by atoms with Crippen molar-refractivity contribution in [3.05, 3.63) is 29.8 Å². The molecule has 24 heavy (non-hydrogen) atoms. The van der Waals surface area contributed by atoms with Crippen molar-refractivity contribution in [2.75, 3.05) is 19.7 Å². The highest BCUT2D eigenvalue weighted by atomic mass is 16.5. The zero-order valence-electron chi connectivity index (χ0n) is 14.7. The molecule has 1 heterocycles. The summed E-state index contributed by atoms with van der Waals surface area (Å²) in [7, 11) is 0. The highest BCUT2D eigenvalue weighted by molar-refractivity contribution is 5.88. The molecule has 1 aliphatic rings. The molecular weight excluding hydrogens is 306 g/mol. The molecule has 0 saturated carbocycles. The van der Waals surface area contributed by atoms with E-state index in [1.807, 2.05) is 45.0 Å². The maximum Gasteiger partial charge on any atom is 0.237 e. The average Bonchev–Trinajstić information content (AvgIpc) is 2.52. The molecule has 132 valence electrons. The third kappa shape index (κ3) is 4.96. The minimum absolute atomic E-state index is 0.0660. The second-order valence-corrected chi connectivity index (χ2v) is 6.24. The van der Waals surface area contributed by atoms with Gasteiger partial charge in [-0.05, 0) is 26.8 Å². The zero-order valence-corrected chi connectivity index (χ0v) is 14.7. The lowest BCUT2D eigenvalue weighted by molar-refractivity contribution is -0.134. The quantitative estimate of drug-likeness (QED) is 0.789. The largest absolute Gasteiger partial charge is 0.494 e. The van der Waals surface area contributed by atoms with Crippen LogP contribution in [0.4, 0.5) is 0 Å². The van der Waals surface area contributed by atoms with Crippen LogP contribution in [-0.2, 0) is 16.1 Å². The molecule has 1 atom stereocenters. The number of nitrogens with zero attached hydrogens (tertiary/aromatic N) is 1. The Morgan fingerprint density at radius 2 is 2.17 bits per heavy atom. The van der Waals surface area contributed by atoms with Crippen molar-refractivity contribution in [1.29, 1.82) is 0 Å². The molecule has 0 spiro atoms. The SMILES string of the molecule is CCOc1ccccc1CN1CCNC(=O)[C@H]1CC(=O)NC(C)C. The molecule has 1 fully saturated rings. The minimum Gasteiger partial charge on any atom is -0.494 e. The van der Waals surface area contributed by atoms with Crippen molar-refractivity contribution in [3.63, 3.8) is 0 Å². The molecule has 1 aromatic carbocycles. The third-order valence-electron chi connectivity index (χ3n) is 3.92. The molecule has 1 saturated heterocycles. The maximum atomic E-state index is 12.3. The fourth-order valence-electron chi connectivity index (χ4n) is 2.88. The van der Waals surface area contributed by atoms with Crippen molar-refractivity contribution in [2.45, 2.75) is 45.8 Å². The molecule has 0 aliphatic carbocycles. The van der Waals surface area contributed by atoms with Crippen LogP contribution in [0.3, 0.4) is 0 Å². The van der Waals surface area contributed by atoms with E-state index in [4.69, 9.17) is 4.74 Å². The van der Waals surface area contributed by atoms with Gasteiger partial charge in [0.25, 0.3) is 0 Å². The topological polar surface area (TPSA) is 70.7 Å². The van der Waals surface area contributed by atoms with E-state index in [9.17, 15) is 9.59 Å². The van der Waals surface area contributed by atoms with Crippen LogP contribution in [-0.4, -0.2) is 48.5 Å². The lowest BCUT2D eigenvalue weighted by Gasteiger charge is -2.35. The predicted molar refractivity (Wildman–Crippen MR) is 92.7 cm³/mol. The van der Waals surface area contributed by atoms with E-state index < -0.39 is 6.04 Å². The Morgan fingerprint density at radius 3 is 2.88 bits per heavy atom. The van der Waals surface area contributed by atoms with E-state index in [1.54, 1.807) is 0 Å². The third-order valence-corrected chi connectivity index (χ3v) is 3.92. The Morgan fingerprint density at radius 1 is 1.42 bits per heavy atom. The maximum absolute atomic E-state index is 12.3. The van der Waals surface area contributed by atoms with Gasteiger partial charge in [-0.3, -0.25) is 14.5 Å². The number of hydrogen-bond donors (Lipinski definition) is 2. The van der Waals surface area contributed by atoms with Crippen LogP contribution in [0.25, 0.3) is 0 Å². The normalized spacial score (nSPS) is 18.3. The second kappa shape index (κ2) is 8.68. The van der Waals surface area contributed by atoms with Gasteiger partial charge in [-0.1, -0.05) is 18.2 Å². The first-order chi connectivity index (χ1) is 11.5. The minimum atomic E-state index is -0.452. The molecule has 0 bridgehead atoms. The lowest BCUT2D eigenvalue weighted by atomic mass is 10.1. The lowest BCUT2D eigenvalue weighted by Crippen LogP contribution is -2.56. The van der Waals surface area contributed by atoms with Gasteiger partial charge in [0.2, 0.25) is 11.8 Å². The fraction of sp³-hybridized carbons (Fsp3) is 0.556. The summed E-state index contributed by atoms with van der Waals surface area (Å²) in [6.45, 7) is 8.26. The molecule has 2 N–H and O–H groups in total. The van der Waals surface area contributed by atoms with Crippen LogP contribution in [0.5, 0.6) is 5.75 Å². The first-order valence-electron chi connectivity index (χ1n) is 8.53. The van der Waals surface area contributed by atoms with Gasteiger partial charge in [0, 0.05) is 31.2 Å². The summed E-state index contributed by atoms with van der Waals surface area (Å²) in [4.78, 5) is 26.4. The van der Waals surface area contributed by atoms with E-state index in [1.165, 1.54) is 0 Å². The van der Waals surface area contributed by atoms with Crippen molar-refractivity contribution in [1.82, 2.24) is 15.5 Å². The zero-order chi connectivity index (χ0) is 17.5. The van der Waals surface area contributed by atoms with Crippen molar-refractivity contribution in [3.8, 4) is 5.75 Å². The summed E-state index contributed by atoms with van der Waals surface area (Å²) >= 11 is 0. The van der Waals surface area contributed by atoms with E-state index in [-0.39, 0.29) is 24.3 Å². The molecule has 1 aliphatic heterocycles. The van der Waals surface area contributed by atoms with Gasteiger partial charge in [-0.2, -0.15) is 0 Å². The number of piperazine rings is 1. The van der Waals surface area contributed by atoms with Crippen LogP contribution in [0.15, 0.2) is 24.3 Å². The van der Waals surface area contributed by atoms with E-state index in [2.05, 4.69) is 15.5 Å². The Bertz CT molecular complexity index is 574. The summed E-state index contributed by atoms with van der Waals surface area (Å²) in [6, 6.07) is 7.45. The van der Waals surface area contributed by atoms with E-state index in [0.29, 0.717) is 26.2 Å². The molecule has 0 unspecified atom stereocenters. The fourth-order valence-corrected chi connectivity index (χ4v) is 2.88. The summed E-state index contributed by atoms with van der Waals surface area (Å²) in [5, 5.41) is 5.71. The monoisotopic (exact) mass is 333 g/mol. The molecule has 0 radical (unpaired) electrons. The van der Waals surface area contributed by atoms with Crippen LogP contribution in [0.2, 0.25) is 0 Å². The van der Waals surface area contributed by atoms with Crippen molar-refractivity contribution < 1.29 is 14.3 Å². The standard InChI is InChI=1S/C18H27N3O3/c1-4-24-16-8-6-5-7-14(16)12-21-10-9-19-18(23)15(21)11-17(22)20-13(2)3/h5-8,13,15H,4,9-12H2,1-3H3,(H,19,23)(H,20,22)/t15-/m1/s1. The predicted octanol–water partition coefficient (Wildman–Crippen LogP) is 1.30. The Labute approximate surface area is 143 Å². The van der Waals surface area contributed by atoms with Crippen LogP contribution in [0, 0.1) is 0 Å². The van der Waals surface area contributed by atoms with Crippen LogP contribution < -0.4 is 15.4 Å². The molecular formula is C18H27N3O3. The number of para-hydroxylation sites is 1. The second-order valence-electron chi connectivity index (χ2n) is 6.24. The molecule has 6 heteroatoms. The number of carbonyl (C=O) groups is 2. The number of ether oxygens (including phenoxy) is 1. The van der Waals surface area contributed by atoms with E-state index >= 15 is 0 Å². The Hall–Kier alpha value is -2.08. The molecule has 1 aromatic rings. The number of hydrogen-bond acceptors (Lipinski definition) is 4. The van der Waals surface area contributed by atoms with Gasteiger partial charge < -0.3 is 15.4 Å². The highest BCUT2D eigenvalue weighted by Crippen LogP contribution is 2.22. The summed E-state index contributed by atoms with van der Waals surface area (Å²) in [6.07, 6.45) is 0.167. The molecule has 2 rings (SSSR count). The van der Waals surface area contributed by atoms with Crippen LogP contribution >= 0.6 is 0 Å². The number of rotatable bonds is 7. The number of benzene rings is 1. The number of carbonyl (C=O) groups excluding carboxylic acids is 2. The highest BCUT2D eigenvalue weighted by Gasteiger charge is 2.32. The first kappa shape index (κ1) is 18.3. The summed E-state index contributed by atoms with van der Waals surface area (Å²) < 4.78 is 5.67. The Kier molecular flexibility index (Phi) is 6.61. The van der Waals surface area contributed by atoms with Crippen molar-refractivity contribution >= 4 is 11.8 Å². The van der Waals surface area contributed by atoms with Gasteiger partial charge in [0.1, 0.15) is 5.75 Å². The number of amides is 2. The summed E-state index contributed by atoms with van der Waals surface area (Å²) in [5.41, 5.74) is 1.03. The van der Waals surface area contributed by atoms with Gasteiger partial charge in [0.15, 0.2) is 0 Å². The van der Waals surface area contributed by atoms with Crippen molar-refractivity contribution in [2.24, 2.45) is 0 Å². The average molecular weight is 333 g/mol. The van der Waals surface area contributed by atoms with Gasteiger partial charge in [-0.25, -0.2) is 0 Å². The van der Waals surface area contributed by atoms with Gasteiger partial charge in [-0.15, -0.1) is 0 Å². The first-order valence-corrected chi connectivity index (χ1v) is 8.53. The van der Waals surface area contributed by atoms with Crippen LogP contribution in [0.1, 0.15) is 32.8 Å². The van der Waals surface area contributed by atoms with Gasteiger partial charge in [0.05, 0.1) is 19.1 Å².